The van der Waals surface area contributed by atoms with Crippen LogP contribution in [0.2, 0.25) is 0 Å². The quantitative estimate of drug-likeness (QED) is 0.444. The predicted octanol–water partition coefficient (Wildman–Crippen LogP) is 3.31. The molecule has 0 fully saturated rings. The Morgan fingerprint density at radius 2 is 2.33 bits per heavy atom. The molecule has 0 heterocycles. The molecule has 0 aliphatic rings. The Hall–Kier alpha value is 0.0600. The van der Waals surface area contributed by atoms with Gasteiger partial charge in [-0.05, 0) is 13.3 Å². The minimum Gasteiger partial charge on any atom is -0.118 e. The molecular formula is C7H10Cl2. The van der Waals surface area contributed by atoms with Crippen LogP contribution in [0.3, 0.4) is 0 Å². The first-order valence-electron chi connectivity index (χ1n) is 2.72. The van der Waals surface area contributed by atoms with Crippen LogP contribution in [-0.4, -0.2) is 5.38 Å². The summed E-state index contributed by atoms with van der Waals surface area (Å²) in [6, 6.07) is 0. The highest BCUT2D eigenvalue weighted by Crippen LogP contribution is 2.09. The highest BCUT2D eigenvalue weighted by atomic mass is 35.5. The van der Waals surface area contributed by atoms with Crippen molar-refractivity contribution in [3.63, 3.8) is 0 Å². The predicted molar refractivity (Wildman–Crippen MR) is 44.1 cm³/mol. The van der Waals surface area contributed by atoms with Crippen molar-refractivity contribution in [2.24, 2.45) is 0 Å². The van der Waals surface area contributed by atoms with E-state index in [9.17, 15) is 0 Å². The van der Waals surface area contributed by atoms with Gasteiger partial charge in [0.2, 0.25) is 0 Å². The fourth-order valence-electron chi connectivity index (χ4n) is 0.480. The largest absolute Gasteiger partial charge is 0.118 e. The lowest BCUT2D eigenvalue weighted by Gasteiger charge is -2.00. The number of alkyl halides is 1. The van der Waals surface area contributed by atoms with Gasteiger partial charge >= 0.3 is 0 Å². The Kier molecular flexibility index (Phi) is 4.93. The third-order valence-electron chi connectivity index (χ3n) is 0.825. The summed E-state index contributed by atoms with van der Waals surface area (Å²) in [7, 11) is 0. The minimum atomic E-state index is -0.000000000000000222. The maximum Gasteiger partial charge on any atom is 0.0564 e. The highest BCUT2D eigenvalue weighted by molar-refractivity contribution is 6.27. The van der Waals surface area contributed by atoms with Gasteiger partial charge in [0.15, 0.2) is 0 Å². The smallest absolute Gasteiger partial charge is 0.0564 e. The average Bonchev–Trinajstić information content (AvgIpc) is 1.63. The van der Waals surface area contributed by atoms with Gasteiger partial charge in [-0.1, -0.05) is 23.3 Å². The molecule has 0 spiro atoms. The lowest BCUT2D eigenvalue weighted by Crippen LogP contribution is -1.91. The third-order valence-corrected chi connectivity index (χ3v) is 1.27. The lowest BCUT2D eigenvalue weighted by atomic mass is 10.2. The molecule has 0 aromatic rings. The molecule has 0 rings (SSSR count). The Morgan fingerprint density at radius 1 is 1.78 bits per heavy atom. The van der Waals surface area contributed by atoms with Crippen LogP contribution in [0.1, 0.15) is 13.3 Å². The lowest BCUT2D eigenvalue weighted by molar-refractivity contribution is 0.993. The molecule has 0 aromatic carbocycles. The van der Waals surface area contributed by atoms with Crippen LogP contribution >= 0.6 is 23.2 Å². The fourth-order valence-corrected chi connectivity index (χ4v) is 1.07. The molecular weight excluding hydrogens is 155 g/mol. The van der Waals surface area contributed by atoms with E-state index < -0.39 is 0 Å². The van der Waals surface area contributed by atoms with Crippen LogP contribution in [0.4, 0.5) is 0 Å². The van der Waals surface area contributed by atoms with E-state index in [2.05, 4.69) is 6.58 Å². The minimum absolute atomic E-state index is 0.000000000000000222. The van der Waals surface area contributed by atoms with Crippen molar-refractivity contribution in [1.82, 2.24) is 0 Å². The van der Waals surface area contributed by atoms with Gasteiger partial charge < -0.3 is 0 Å². The molecule has 1 unspecified atom stereocenters. The normalized spacial score (nSPS) is 14.1. The van der Waals surface area contributed by atoms with Crippen molar-refractivity contribution in [2.75, 3.05) is 0 Å². The van der Waals surface area contributed by atoms with Gasteiger partial charge in [0.1, 0.15) is 0 Å². The monoisotopic (exact) mass is 164 g/mol. The molecule has 0 radical (unpaired) electrons. The van der Waals surface area contributed by atoms with Gasteiger partial charge in [-0.25, -0.2) is 0 Å². The van der Waals surface area contributed by atoms with E-state index in [-0.39, 0.29) is 5.38 Å². The molecule has 0 bridgehead atoms. The van der Waals surface area contributed by atoms with Gasteiger partial charge in [-0.3, -0.25) is 0 Å². The van der Waals surface area contributed by atoms with Gasteiger partial charge in [0.25, 0.3) is 0 Å². The topological polar surface area (TPSA) is 0 Å². The summed E-state index contributed by atoms with van der Waals surface area (Å²) in [5.41, 5.74) is 2.51. The average molecular weight is 165 g/mol. The fraction of sp³-hybridized carbons (Fsp3) is 0.429. The van der Waals surface area contributed by atoms with Crippen molar-refractivity contribution in [2.45, 2.75) is 18.7 Å². The van der Waals surface area contributed by atoms with Gasteiger partial charge in [0.05, 0.1) is 5.38 Å². The summed E-state index contributed by atoms with van der Waals surface area (Å²) in [4.78, 5) is 0. The second-order valence-corrected chi connectivity index (χ2v) is 2.81. The molecule has 0 aliphatic heterocycles. The molecule has 9 heavy (non-hydrogen) atoms. The first-order chi connectivity index (χ1) is 4.16. The van der Waals surface area contributed by atoms with E-state index in [4.69, 9.17) is 23.2 Å². The number of rotatable bonds is 3. The molecule has 0 saturated carbocycles. The van der Waals surface area contributed by atoms with Crippen molar-refractivity contribution in [3.8, 4) is 0 Å². The van der Waals surface area contributed by atoms with Crippen LogP contribution < -0.4 is 0 Å². The van der Waals surface area contributed by atoms with Crippen LogP contribution in [0.15, 0.2) is 23.8 Å². The molecule has 0 saturated heterocycles. The van der Waals surface area contributed by atoms with E-state index in [1.54, 1.807) is 6.08 Å². The summed E-state index contributed by atoms with van der Waals surface area (Å²) >= 11 is 11.0. The number of allylic oxidation sites excluding steroid dienone is 2. The van der Waals surface area contributed by atoms with Crippen molar-refractivity contribution in [1.29, 1.82) is 0 Å². The van der Waals surface area contributed by atoms with Gasteiger partial charge in [0, 0.05) is 5.54 Å². The van der Waals surface area contributed by atoms with Crippen LogP contribution in [0.5, 0.6) is 0 Å². The molecule has 0 N–H and O–H groups in total. The Labute approximate surface area is 66.2 Å². The molecule has 0 aromatic heterocycles. The van der Waals surface area contributed by atoms with Crippen molar-refractivity contribution >= 4 is 23.2 Å². The van der Waals surface area contributed by atoms with E-state index >= 15 is 0 Å². The summed E-state index contributed by atoms with van der Waals surface area (Å²) in [6.07, 6.45) is 2.53. The molecule has 2 heteroatoms. The number of hydrogen-bond donors (Lipinski definition) is 0. The third kappa shape index (κ3) is 5.94. The Balaban J connectivity index is 3.50. The standard InChI is InChI=1S/C7H10Cl2/c1-6(2)5-7(9)3-4-8/h3-4,7H,1,5H2,2H3/b4-3+. The highest BCUT2D eigenvalue weighted by Gasteiger charge is 1.97. The van der Waals surface area contributed by atoms with Gasteiger partial charge in [-0.2, -0.15) is 0 Å². The maximum absolute atomic E-state index is 5.74. The summed E-state index contributed by atoms with van der Waals surface area (Å²) in [6.45, 7) is 5.66. The molecule has 52 valence electrons. The Morgan fingerprint density at radius 3 is 2.67 bits per heavy atom. The molecule has 0 aliphatic carbocycles. The second kappa shape index (κ2) is 4.89. The van der Waals surface area contributed by atoms with Crippen LogP contribution in [0, 0.1) is 0 Å². The van der Waals surface area contributed by atoms with Gasteiger partial charge in [-0.15, -0.1) is 18.2 Å². The Bertz CT molecular complexity index is 116. The zero-order valence-electron chi connectivity index (χ0n) is 5.40. The summed E-state index contributed by atoms with van der Waals surface area (Å²) in [5, 5.41) is -0.000000000000000222. The summed E-state index contributed by atoms with van der Waals surface area (Å²) < 4.78 is 0. The second-order valence-electron chi connectivity index (χ2n) is 2.00. The SMILES string of the molecule is C=C(C)CC(Cl)/C=C/Cl. The van der Waals surface area contributed by atoms with E-state index in [1.807, 2.05) is 6.92 Å². The van der Waals surface area contributed by atoms with Crippen molar-refractivity contribution < 1.29 is 0 Å². The van der Waals surface area contributed by atoms with E-state index in [0.717, 1.165) is 12.0 Å². The van der Waals surface area contributed by atoms with Crippen molar-refractivity contribution in [3.05, 3.63) is 23.8 Å². The van der Waals surface area contributed by atoms with E-state index in [1.165, 1.54) is 5.54 Å². The number of hydrogen-bond acceptors (Lipinski definition) is 0. The zero-order chi connectivity index (χ0) is 7.28. The first kappa shape index (κ1) is 9.06. The van der Waals surface area contributed by atoms with Crippen LogP contribution in [0.25, 0.3) is 0 Å². The van der Waals surface area contributed by atoms with Crippen LogP contribution in [-0.2, 0) is 0 Å². The molecule has 0 nitrogen and oxygen atoms in total. The first-order valence-corrected chi connectivity index (χ1v) is 3.59. The zero-order valence-corrected chi connectivity index (χ0v) is 6.91. The van der Waals surface area contributed by atoms with E-state index in [0.29, 0.717) is 0 Å². The number of halogens is 2. The maximum atomic E-state index is 5.74. The molecule has 1 atom stereocenters. The molecule has 0 amide bonds. The summed E-state index contributed by atoms with van der Waals surface area (Å²) in [5.74, 6) is 0.